The molecule has 0 bridgehead atoms. The molecule has 2 fully saturated rings. The van der Waals surface area contributed by atoms with Crippen LogP contribution in [-0.2, 0) is 11.2 Å². The van der Waals surface area contributed by atoms with E-state index in [0.29, 0.717) is 30.5 Å². The SMILES string of the molecule is Cc1nc(C2CCCN2C(=O)CCc2ccc(C3CC3C)o2)no1. The predicted octanol–water partition coefficient (Wildman–Crippen LogP) is 3.39. The van der Waals surface area contributed by atoms with Crippen molar-refractivity contribution in [2.45, 2.75) is 57.9 Å². The van der Waals surface area contributed by atoms with Gasteiger partial charge < -0.3 is 13.8 Å². The first-order valence-corrected chi connectivity index (χ1v) is 8.80. The van der Waals surface area contributed by atoms with Gasteiger partial charge in [0.1, 0.15) is 11.5 Å². The highest BCUT2D eigenvalue weighted by molar-refractivity contribution is 5.77. The van der Waals surface area contributed by atoms with E-state index in [1.165, 1.54) is 6.42 Å². The Hall–Kier alpha value is -2.11. The molecular weight excluding hydrogens is 306 g/mol. The predicted molar refractivity (Wildman–Crippen MR) is 86.3 cm³/mol. The van der Waals surface area contributed by atoms with Gasteiger partial charge in [0.25, 0.3) is 0 Å². The number of hydrogen-bond donors (Lipinski definition) is 0. The van der Waals surface area contributed by atoms with Crippen molar-refractivity contribution in [3.63, 3.8) is 0 Å². The molecule has 3 heterocycles. The number of rotatable bonds is 5. The molecule has 6 heteroatoms. The summed E-state index contributed by atoms with van der Waals surface area (Å²) < 4.78 is 11.0. The molecule has 24 heavy (non-hydrogen) atoms. The van der Waals surface area contributed by atoms with E-state index in [-0.39, 0.29) is 11.9 Å². The summed E-state index contributed by atoms with van der Waals surface area (Å²) >= 11 is 0. The average Bonchev–Trinajstić information content (AvgIpc) is 3.03. The molecule has 2 aromatic rings. The van der Waals surface area contributed by atoms with Gasteiger partial charge in [0.2, 0.25) is 11.8 Å². The summed E-state index contributed by atoms with van der Waals surface area (Å²) in [5.41, 5.74) is 0. The normalized spacial score (nSPS) is 26.1. The Labute approximate surface area is 141 Å². The van der Waals surface area contributed by atoms with Crippen molar-refractivity contribution < 1.29 is 13.7 Å². The maximum absolute atomic E-state index is 12.6. The van der Waals surface area contributed by atoms with Gasteiger partial charge in [-0.05, 0) is 37.3 Å². The first-order valence-electron chi connectivity index (χ1n) is 8.80. The Morgan fingerprint density at radius 1 is 1.42 bits per heavy atom. The van der Waals surface area contributed by atoms with Crippen LogP contribution in [0.25, 0.3) is 0 Å². The molecular formula is C18H23N3O3. The Morgan fingerprint density at radius 2 is 2.25 bits per heavy atom. The molecule has 0 spiro atoms. The molecule has 3 unspecified atom stereocenters. The number of aryl methyl sites for hydroxylation is 2. The average molecular weight is 329 g/mol. The molecule has 0 N–H and O–H groups in total. The van der Waals surface area contributed by atoms with Crippen LogP contribution in [0, 0.1) is 12.8 Å². The second-order valence-electron chi connectivity index (χ2n) is 7.04. The number of furan rings is 1. The van der Waals surface area contributed by atoms with Gasteiger partial charge in [0, 0.05) is 32.2 Å². The molecule has 1 aliphatic carbocycles. The highest BCUT2D eigenvalue weighted by Crippen LogP contribution is 2.47. The van der Waals surface area contributed by atoms with E-state index in [1.807, 2.05) is 11.0 Å². The Kier molecular flexibility index (Phi) is 3.90. The number of carbonyl (C=O) groups excluding carboxylic acids is 1. The highest BCUT2D eigenvalue weighted by Gasteiger charge is 2.37. The second kappa shape index (κ2) is 6.07. The van der Waals surface area contributed by atoms with Gasteiger partial charge in [-0.1, -0.05) is 12.1 Å². The molecule has 2 aliphatic rings. The third-order valence-corrected chi connectivity index (χ3v) is 5.16. The third-order valence-electron chi connectivity index (χ3n) is 5.16. The smallest absolute Gasteiger partial charge is 0.223 e. The quantitative estimate of drug-likeness (QED) is 0.840. The van der Waals surface area contributed by atoms with Crippen LogP contribution in [-0.4, -0.2) is 27.5 Å². The van der Waals surface area contributed by atoms with E-state index in [1.54, 1.807) is 6.92 Å². The number of carbonyl (C=O) groups is 1. The van der Waals surface area contributed by atoms with E-state index in [4.69, 9.17) is 8.94 Å². The largest absolute Gasteiger partial charge is 0.466 e. The number of nitrogens with zero attached hydrogens (tertiary/aromatic N) is 3. The van der Waals surface area contributed by atoms with Crippen molar-refractivity contribution in [1.29, 1.82) is 0 Å². The van der Waals surface area contributed by atoms with Gasteiger partial charge in [0.05, 0.1) is 6.04 Å². The second-order valence-corrected chi connectivity index (χ2v) is 7.04. The van der Waals surface area contributed by atoms with Crippen molar-refractivity contribution in [3.05, 3.63) is 35.4 Å². The first kappa shape index (κ1) is 15.4. The van der Waals surface area contributed by atoms with Crippen molar-refractivity contribution in [1.82, 2.24) is 15.0 Å². The third kappa shape index (κ3) is 2.97. The monoisotopic (exact) mass is 329 g/mol. The van der Waals surface area contributed by atoms with E-state index < -0.39 is 0 Å². The molecule has 1 saturated heterocycles. The van der Waals surface area contributed by atoms with Gasteiger partial charge in [0.15, 0.2) is 5.82 Å². The molecule has 2 aromatic heterocycles. The van der Waals surface area contributed by atoms with Crippen LogP contribution in [0.1, 0.15) is 67.8 Å². The minimum atomic E-state index is -0.0468. The van der Waals surface area contributed by atoms with Crippen molar-refractivity contribution in [2.24, 2.45) is 5.92 Å². The van der Waals surface area contributed by atoms with E-state index >= 15 is 0 Å². The van der Waals surface area contributed by atoms with Gasteiger partial charge in [-0.25, -0.2) is 0 Å². The van der Waals surface area contributed by atoms with E-state index in [0.717, 1.165) is 36.8 Å². The fourth-order valence-corrected chi connectivity index (χ4v) is 3.60. The zero-order chi connectivity index (χ0) is 16.7. The van der Waals surface area contributed by atoms with Crippen LogP contribution in [0.4, 0.5) is 0 Å². The minimum Gasteiger partial charge on any atom is -0.466 e. The summed E-state index contributed by atoms with van der Waals surface area (Å²) in [7, 11) is 0. The van der Waals surface area contributed by atoms with Crippen molar-refractivity contribution in [3.8, 4) is 0 Å². The number of aromatic nitrogens is 2. The lowest BCUT2D eigenvalue weighted by Gasteiger charge is -2.22. The molecule has 0 aromatic carbocycles. The summed E-state index contributed by atoms with van der Waals surface area (Å²) in [6.07, 6.45) is 4.20. The molecule has 1 saturated carbocycles. The number of likely N-dealkylation sites (tertiary alicyclic amines) is 1. The lowest BCUT2D eigenvalue weighted by atomic mass is 10.2. The topological polar surface area (TPSA) is 72.4 Å². The Balaban J connectivity index is 1.36. The van der Waals surface area contributed by atoms with E-state index in [9.17, 15) is 4.79 Å². The van der Waals surface area contributed by atoms with Crippen LogP contribution in [0.3, 0.4) is 0 Å². The fraction of sp³-hybridized carbons (Fsp3) is 0.611. The number of amides is 1. The molecule has 128 valence electrons. The molecule has 4 rings (SSSR count). The maximum Gasteiger partial charge on any atom is 0.223 e. The molecule has 0 radical (unpaired) electrons. The summed E-state index contributed by atoms with van der Waals surface area (Å²) in [4.78, 5) is 18.8. The first-order chi connectivity index (χ1) is 11.6. The Morgan fingerprint density at radius 3 is 2.96 bits per heavy atom. The van der Waals surface area contributed by atoms with Gasteiger partial charge in [-0.3, -0.25) is 4.79 Å². The summed E-state index contributed by atoms with van der Waals surface area (Å²) in [6.45, 7) is 4.77. The molecule has 1 amide bonds. The fourth-order valence-electron chi connectivity index (χ4n) is 3.60. The molecule has 3 atom stereocenters. The van der Waals surface area contributed by atoms with Gasteiger partial charge in [-0.15, -0.1) is 0 Å². The Bertz CT molecular complexity index is 735. The van der Waals surface area contributed by atoms with Crippen LogP contribution in [0.15, 0.2) is 21.1 Å². The van der Waals surface area contributed by atoms with Crippen LogP contribution < -0.4 is 0 Å². The highest BCUT2D eigenvalue weighted by atomic mass is 16.5. The van der Waals surface area contributed by atoms with Crippen LogP contribution in [0.5, 0.6) is 0 Å². The number of hydrogen-bond acceptors (Lipinski definition) is 5. The van der Waals surface area contributed by atoms with Gasteiger partial charge in [-0.2, -0.15) is 4.98 Å². The lowest BCUT2D eigenvalue weighted by molar-refractivity contribution is -0.132. The molecule has 6 nitrogen and oxygen atoms in total. The van der Waals surface area contributed by atoms with E-state index in [2.05, 4.69) is 23.1 Å². The zero-order valence-electron chi connectivity index (χ0n) is 14.2. The van der Waals surface area contributed by atoms with Crippen LogP contribution >= 0.6 is 0 Å². The van der Waals surface area contributed by atoms with Gasteiger partial charge >= 0.3 is 0 Å². The standard InChI is InChI=1S/C18H23N3O3/c1-11-10-14(11)16-7-5-13(23-16)6-8-17(22)21-9-3-4-15(21)18-19-12(2)24-20-18/h5,7,11,14-15H,3-4,6,8-10H2,1-2H3. The summed E-state index contributed by atoms with van der Waals surface area (Å²) in [6, 6.07) is 4.03. The summed E-state index contributed by atoms with van der Waals surface area (Å²) in [5, 5.41) is 3.99. The van der Waals surface area contributed by atoms with Crippen molar-refractivity contribution in [2.75, 3.05) is 6.54 Å². The maximum atomic E-state index is 12.6. The zero-order valence-corrected chi connectivity index (χ0v) is 14.2. The lowest BCUT2D eigenvalue weighted by Crippen LogP contribution is -2.31. The van der Waals surface area contributed by atoms with Crippen LogP contribution in [0.2, 0.25) is 0 Å². The summed E-state index contributed by atoms with van der Waals surface area (Å²) in [5.74, 6) is 4.60. The van der Waals surface area contributed by atoms with Crippen molar-refractivity contribution >= 4 is 5.91 Å². The molecule has 1 aliphatic heterocycles. The minimum absolute atomic E-state index is 0.0468.